The molecule has 0 saturated carbocycles. The monoisotopic (exact) mass is 429 g/mol. The van der Waals surface area contributed by atoms with Crippen molar-refractivity contribution in [2.45, 2.75) is 32.2 Å². The second-order valence-corrected chi connectivity index (χ2v) is 10.4. The van der Waals surface area contributed by atoms with Gasteiger partial charge in [-0.1, -0.05) is 12.1 Å². The second kappa shape index (κ2) is 7.76. The Morgan fingerprint density at radius 3 is 2.83 bits per heavy atom. The first-order valence-electron chi connectivity index (χ1n) is 9.58. The van der Waals surface area contributed by atoms with Gasteiger partial charge in [0.25, 0.3) is 5.91 Å². The maximum absolute atomic E-state index is 12.5. The Hall–Kier alpha value is -2.45. The number of para-hydroxylation sites is 1. The highest BCUT2D eigenvalue weighted by Gasteiger charge is 2.32. The van der Waals surface area contributed by atoms with Gasteiger partial charge in [-0.15, -0.1) is 11.3 Å². The van der Waals surface area contributed by atoms with E-state index in [0.717, 1.165) is 28.9 Å². The number of hydrogen-bond acceptors (Lipinski definition) is 5. The maximum atomic E-state index is 12.5. The molecule has 1 N–H and O–H groups in total. The van der Waals surface area contributed by atoms with Gasteiger partial charge in [0.1, 0.15) is 0 Å². The van der Waals surface area contributed by atoms with Gasteiger partial charge in [0.2, 0.25) is 10.0 Å². The molecule has 2 heterocycles. The molecule has 3 aromatic rings. The maximum Gasteiger partial charge on any atom is 0.251 e. The van der Waals surface area contributed by atoms with Gasteiger partial charge >= 0.3 is 0 Å². The van der Waals surface area contributed by atoms with E-state index in [9.17, 15) is 13.2 Å². The number of sulfonamides is 1. The predicted octanol–water partition coefficient (Wildman–Crippen LogP) is 3.37. The zero-order chi connectivity index (χ0) is 20.6. The zero-order valence-corrected chi connectivity index (χ0v) is 18.0. The Balaban J connectivity index is 1.35. The number of rotatable bonds is 6. The highest BCUT2D eigenvalue weighted by atomic mass is 32.2. The molecule has 1 atom stereocenters. The van der Waals surface area contributed by atoms with Gasteiger partial charge in [0, 0.05) is 24.6 Å². The van der Waals surface area contributed by atoms with Gasteiger partial charge in [-0.2, -0.15) is 0 Å². The van der Waals surface area contributed by atoms with Crippen molar-refractivity contribution in [2.24, 2.45) is 0 Å². The van der Waals surface area contributed by atoms with E-state index in [1.54, 1.807) is 29.5 Å². The summed E-state index contributed by atoms with van der Waals surface area (Å²) in [5.41, 5.74) is 3.15. The molecule has 152 valence electrons. The summed E-state index contributed by atoms with van der Waals surface area (Å²) in [6.07, 6.45) is 3.46. The number of aromatic nitrogens is 1. The van der Waals surface area contributed by atoms with Gasteiger partial charge in [-0.3, -0.25) is 9.10 Å². The van der Waals surface area contributed by atoms with Crippen molar-refractivity contribution in [1.82, 2.24) is 10.3 Å². The van der Waals surface area contributed by atoms with E-state index in [4.69, 9.17) is 0 Å². The molecule has 0 radical (unpaired) electrons. The summed E-state index contributed by atoms with van der Waals surface area (Å²) >= 11 is 1.69. The number of anilines is 1. The number of carbonyl (C=O) groups excluding carboxylic acids is 1. The molecule has 6 nitrogen and oxygen atoms in total. The van der Waals surface area contributed by atoms with Crippen LogP contribution in [0.3, 0.4) is 0 Å². The molecule has 0 spiro atoms. The number of fused-ring (bicyclic) bond motifs is 2. The van der Waals surface area contributed by atoms with Crippen LogP contribution in [0.15, 0.2) is 42.5 Å². The third-order valence-corrected chi connectivity index (χ3v) is 7.41. The highest BCUT2D eigenvalue weighted by Crippen LogP contribution is 2.34. The molecule has 1 aliphatic rings. The van der Waals surface area contributed by atoms with Crippen LogP contribution in [0.1, 0.15) is 34.3 Å². The molecule has 29 heavy (non-hydrogen) atoms. The summed E-state index contributed by atoms with van der Waals surface area (Å²) in [5.74, 6) is -0.137. The van der Waals surface area contributed by atoms with Crippen LogP contribution in [-0.2, 0) is 22.9 Å². The Labute approximate surface area is 174 Å². The van der Waals surface area contributed by atoms with E-state index >= 15 is 0 Å². The molecule has 1 amide bonds. The molecule has 8 heteroatoms. The van der Waals surface area contributed by atoms with Crippen LogP contribution in [-0.4, -0.2) is 38.2 Å². The van der Waals surface area contributed by atoms with Crippen LogP contribution in [0.5, 0.6) is 0 Å². The molecule has 1 unspecified atom stereocenters. The number of nitrogens with zero attached hydrogens (tertiary/aromatic N) is 2. The summed E-state index contributed by atoms with van der Waals surface area (Å²) in [7, 11) is -3.32. The molecule has 0 saturated heterocycles. The SMILES string of the molecule is CC1Cc2cc(C(=O)NCCCc3nc4ccccc4s3)ccc2N1S(C)(=O)=O. The van der Waals surface area contributed by atoms with Gasteiger partial charge < -0.3 is 5.32 Å². The minimum atomic E-state index is -3.32. The molecule has 4 rings (SSSR count). The van der Waals surface area contributed by atoms with E-state index in [1.165, 1.54) is 15.3 Å². The van der Waals surface area contributed by atoms with Crippen molar-refractivity contribution in [3.63, 3.8) is 0 Å². The minimum absolute atomic E-state index is 0.132. The third kappa shape index (κ3) is 4.13. The smallest absolute Gasteiger partial charge is 0.251 e. The third-order valence-electron chi connectivity index (χ3n) is 5.04. The van der Waals surface area contributed by atoms with Crippen molar-refractivity contribution in [2.75, 3.05) is 17.1 Å². The molecule has 0 fully saturated rings. The standard InChI is InChI=1S/C21H23N3O3S2/c1-14-12-16-13-15(9-10-18(16)24(14)29(2,26)27)21(25)22-11-5-8-20-23-17-6-3-4-7-19(17)28-20/h3-4,6-7,9-10,13-14H,5,8,11-12H2,1-2H3,(H,22,25). The topological polar surface area (TPSA) is 79.4 Å². The summed E-state index contributed by atoms with van der Waals surface area (Å²) < 4.78 is 26.6. The average Bonchev–Trinajstić information content (AvgIpc) is 3.23. The first-order chi connectivity index (χ1) is 13.8. The molecular formula is C21H23N3O3S2. The lowest BCUT2D eigenvalue weighted by Crippen LogP contribution is -2.34. The van der Waals surface area contributed by atoms with Crippen molar-refractivity contribution in [1.29, 1.82) is 0 Å². The molecular weight excluding hydrogens is 406 g/mol. The van der Waals surface area contributed by atoms with Crippen LogP contribution in [0.4, 0.5) is 5.69 Å². The summed E-state index contributed by atoms with van der Waals surface area (Å²) in [6.45, 7) is 2.44. The Morgan fingerprint density at radius 2 is 2.07 bits per heavy atom. The molecule has 1 aromatic heterocycles. The normalized spacial score (nSPS) is 16.2. The number of thiazole rings is 1. The van der Waals surface area contributed by atoms with Crippen molar-refractivity contribution >= 4 is 43.2 Å². The van der Waals surface area contributed by atoms with E-state index in [0.29, 0.717) is 24.2 Å². The number of nitrogens with one attached hydrogen (secondary N) is 1. The quantitative estimate of drug-likeness (QED) is 0.610. The van der Waals surface area contributed by atoms with E-state index in [1.807, 2.05) is 25.1 Å². The Kier molecular flexibility index (Phi) is 5.31. The summed E-state index contributed by atoms with van der Waals surface area (Å²) in [5, 5.41) is 4.03. The Morgan fingerprint density at radius 1 is 1.28 bits per heavy atom. The summed E-state index contributed by atoms with van der Waals surface area (Å²) in [6, 6.07) is 13.2. The summed E-state index contributed by atoms with van der Waals surface area (Å²) in [4.78, 5) is 17.1. The predicted molar refractivity (Wildman–Crippen MR) is 117 cm³/mol. The van der Waals surface area contributed by atoms with E-state index in [-0.39, 0.29) is 11.9 Å². The number of hydrogen-bond donors (Lipinski definition) is 1. The lowest BCUT2D eigenvalue weighted by Gasteiger charge is -2.21. The first-order valence-corrected chi connectivity index (χ1v) is 12.2. The molecule has 0 aliphatic carbocycles. The van der Waals surface area contributed by atoms with Crippen molar-refractivity contribution < 1.29 is 13.2 Å². The minimum Gasteiger partial charge on any atom is -0.352 e. The fourth-order valence-electron chi connectivity index (χ4n) is 3.82. The number of amides is 1. The molecule has 1 aliphatic heterocycles. The van der Waals surface area contributed by atoms with Gasteiger partial charge in [-0.05, 0) is 55.7 Å². The fraction of sp³-hybridized carbons (Fsp3) is 0.333. The lowest BCUT2D eigenvalue weighted by atomic mass is 10.1. The van der Waals surface area contributed by atoms with Crippen LogP contribution in [0.2, 0.25) is 0 Å². The number of aryl methyl sites for hydroxylation is 1. The van der Waals surface area contributed by atoms with Gasteiger partial charge in [-0.25, -0.2) is 13.4 Å². The Bertz CT molecular complexity index is 1140. The van der Waals surface area contributed by atoms with Crippen molar-refractivity contribution in [3.8, 4) is 0 Å². The van der Waals surface area contributed by atoms with Crippen LogP contribution < -0.4 is 9.62 Å². The van der Waals surface area contributed by atoms with Crippen LogP contribution >= 0.6 is 11.3 Å². The van der Waals surface area contributed by atoms with Gasteiger partial charge in [0.05, 0.1) is 27.2 Å². The highest BCUT2D eigenvalue weighted by molar-refractivity contribution is 7.92. The lowest BCUT2D eigenvalue weighted by molar-refractivity contribution is 0.0953. The molecule has 0 bridgehead atoms. The number of carbonyl (C=O) groups is 1. The average molecular weight is 430 g/mol. The number of benzene rings is 2. The van der Waals surface area contributed by atoms with Gasteiger partial charge in [0.15, 0.2) is 0 Å². The van der Waals surface area contributed by atoms with Crippen LogP contribution in [0.25, 0.3) is 10.2 Å². The van der Waals surface area contributed by atoms with E-state index < -0.39 is 10.0 Å². The fourth-order valence-corrected chi connectivity index (χ4v) is 6.09. The second-order valence-electron chi connectivity index (χ2n) is 7.39. The first kappa shape index (κ1) is 19.8. The van der Waals surface area contributed by atoms with Crippen molar-refractivity contribution in [3.05, 3.63) is 58.6 Å². The van der Waals surface area contributed by atoms with Crippen LogP contribution in [0, 0.1) is 0 Å². The largest absolute Gasteiger partial charge is 0.352 e. The zero-order valence-electron chi connectivity index (χ0n) is 16.4. The van der Waals surface area contributed by atoms with E-state index in [2.05, 4.69) is 16.4 Å². The molecule has 2 aromatic carbocycles.